The lowest BCUT2D eigenvalue weighted by atomic mass is 10.1. The smallest absolute Gasteiger partial charge is 0.334 e. The van der Waals surface area contributed by atoms with Crippen LogP contribution in [0, 0.1) is 5.92 Å². The largest absolute Gasteiger partial charge is 0.479 e. The van der Waals surface area contributed by atoms with Crippen LogP contribution in [0.4, 0.5) is 0 Å². The first kappa shape index (κ1) is 14.5. The van der Waals surface area contributed by atoms with Gasteiger partial charge < -0.3 is 14.7 Å². The van der Waals surface area contributed by atoms with Gasteiger partial charge in [-0.05, 0) is 30.0 Å². The van der Waals surface area contributed by atoms with E-state index in [1.54, 1.807) is 4.90 Å². The summed E-state index contributed by atoms with van der Waals surface area (Å²) < 4.78 is 6.16. The van der Waals surface area contributed by atoms with Crippen LogP contribution in [-0.4, -0.2) is 47.7 Å². The first-order valence-corrected chi connectivity index (χ1v) is 7.74. The molecule has 1 saturated carbocycles. The Hall–Kier alpha value is -1.40. The number of amides is 1. The summed E-state index contributed by atoms with van der Waals surface area (Å²) in [6, 6.07) is 8.00. The molecule has 1 heterocycles. The number of morpholine rings is 1. The molecule has 1 saturated heterocycles. The fourth-order valence-electron chi connectivity index (χ4n) is 2.81. The summed E-state index contributed by atoms with van der Waals surface area (Å²) in [5, 5.41) is 8.98. The fraction of sp³-hybridized carbons (Fsp3) is 0.467. The van der Waals surface area contributed by atoms with Gasteiger partial charge in [0, 0.05) is 16.9 Å². The molecule has 1 N–H and O–H groups in total. The topological polar surface area (TPSA) is 66.8 Å². The van der Waals surface area contributed by atoms with Crippen molar-refractivity contribution in [2.24, 2.45) is 5.92 Å². The Kier molecular flexibility index (Phi) is 3.99. The van der Waals surface area contributed by atoms with Crippen LogP contribution in [0.1, 0.15) is 17.9 Å². The van der Waals surface area contributed by atoms with E-state index in [1.807, 2.05) is 24.3 Å². The maximum absolute atomic E-state index is 12.5. The normalized spacial score (nSPS) is 28.2. The number of carbonyl (C=O) groups is 2. The average Bonchev–Trinajstić information content (AvgIpc) is 3.27. The molecule has 2 fully saturated rings. The summed E-state index contributed by atoms with van der Waals surface area (Å²) in [5.74, 6) is -0.727. The van der Waals surface area contributed by atoms with Gasteiger partial charge in [0.25, 0.3) is 0 Å². The molecule has 1 aromatic rings. The number of carboxylic acids is 1. The highest BCUT2D eigenvalue weighted by Crippen LogP contribution is 2.49. The first-order chi connectivity index (χ1) is 10.1. The number of rotatable bonds is 3. The van der Waals surface area contributed by atoms with Crippen molar-refractivity contribution in [3.05, 3.63) is 34.3 Å². The molecule has 6 heteroatoms. The monoisotopic (exact) mass is 353 g/mol. The molecular weight excluding hydrogens is 338 g/mol. The number of ether oxygens (including phenoxy) is 1. The zero-order chi connectivity index (χ0) is 15.0. The molecule has 1 aromatic carbocycles. The van der Waals surface area contributed by atoms with Gasteiger partial charge in [0.2, 0.25) is 5.91 Å². The van der Waals surface area contributed by atoms with Gasteiger partial charge in [0.05, 0.1) is 13.2 Å². The van der Waals surface area contributed by atoms with Gasteiger partial charge in [-0.15, -0.1) is 0 Å². The van der Waals surface area contributed by atoms with Crippen molar-refractivity contribution in [3.8, 4) is 0 Å². The van der Waals surface area contributed by atoms with E-state index in [2.05, 4.69) is 15.9 Å². The number of aliphatic carboxylic acids is 1. The summed E-state index contributed by atoms with van der Waals surface area (Å²) in [6.07, 6.45) is -0.0598. The Bertz CT molecular complexity index is 577. The molecule has 5 nitrogen and oxygen atoms in total. The van der Waals surface area contributed by atoms with Gasteiger partial charge in [-0.3, -0.25) is 4.79 Å². The standard InChI is InChI=1S/C15H16BrNO4/c16-10-3-1-2-9(6-10)11-7-12(11)14(18)17-4-5-21-13(8-17)15(19)20/h1-3,6,11-13H,4-5,7-8H2,(H,19,20)/t11-,12-,13-/m0/s1. The highest BCUT2D eigenvalue weighted by Gasteiger charge is 2.46. The fourth-order valence-corrected chi connectivity index (χ4v) is 3.22. The van der Waals surface area contributed by atoms with Crippen LogP contribution in [0.5, 0.6) is 0 Å². The van der Waals surface area contributed by atoms with E-state index in [9.17, 15) is 9.59 Å². The summed E-state index contributed by atoms with van der Waals surface area (Å²) in [6.45, 7) is 0.914. The van der Waals surface area contributed by atoms with E-state index in [0.29, 0.717) is 6.54 Å². The van der Waals surface area contributed by atoms with Crippen LogP contribution < -0.4 is 0 Å². The number of halogens is 1. The van der Waals surface area contributed by atoms with Gasteiger partial charge in [-0.2, -0.15) is 0 Å². The second kappa shape index (κ2) is 5.77. The molecule has 3 atom stereocenters. The molecule has 2 aliphatic rings. The lowest BCUT2D eigenvalue weighted by molar-refractivity contribution is -0.159. The second-order valence-electron chi connectivity index (χ2n) is 5.49. The van der Waals surface area contributed by atoms with Crippen molar-refractivity contribution in [2.45, 2.75) is 18.4 Å². The highest BCUT2D eigenvalue weighted by molar-refractivity contribution is 9.10. The van der Waals surface area contributed by atoms with Crippen molar-refractivity contribution < 1.29 is 19.4 Å². The highest BCUT2D eigenvalue weighted by atomic mass is 79.9. The lowest BCUT2D eigenvalue weighted by Crippen LogP contribution is -2.49. The van der Waals surface area contributed by atoms with Gasteiger partial charge in [-0.25, -0.2) is 4.79 Å². The maximum atomic E-state index is 12.5. The van der Waals surface area contributed by atoms with Crippen molar-refractivity contribution in [2.75, 3.05) is 19.7 Å². The summed E-state index contributed by atoms with van der Waals surface area (Å²) in [7, 11) is 0. The Morgan fingerprint density at radius 1 is 1.38 bits per heavy atom. The average molecular weight is 354 g/mol. The first-order valence-electron chi connectivity index (χ1n) is 6.95. The SMILES string of the molecule is O=C(O)[C@@H]1CN(C(=O)[C@H]2C[C@H]2c2cccc(Br)c2)CCO1. The molecule has 1 aliphatic heterocycles. The Balaban J connectivity index is 1.63. The predicted molar refractivity (Wildman–Crippen MR) is 78.9 cm³/mol. The molecule has 3 rings (SSSR count). The number of benzene rings is 1. The molecular formula is C15H16BrNO4. The molecule has 0 spiro atoms. The third-order valence-corrected chi connectivity index (χ3v) is 4.53. The molecule has 112 valence electrons. The Morgan fingerprint density at radius 2 is 2.19 bits per heavy atom. The second-order valence-corrected chi connectivity index (χ2v) is 6.40. The van der Waals surface area contributed by atoms with Gasteiger partial charge in [-0.1, -0.05) is 28.1 Å². The van der Waals surface area contributed by atoms with Crippen LogP contribution in [0.2, 0.25) is 0 Å². The molecule has 0 bridgehead atoms. The zero-order valence-electron chi connectivity index (χ0n) is 11.4. The molecule has 1 aliphatic carbocycles. The van der Waals surface area contributed by atoms with E-state index in [1.165, 1.54) is 0 Å². The lowest BCUT2D eigenvalue weighted by Gasteiger charge is -2.31. The minimum Gasteiger partial charge on any atom is -0.479 e. The third kappa shape index (κ3) is 3.11. The number of hydrogen-bond donors (Lipinski definition) is 1. The van der Waals surface area contributed by atoms with E-state index in [4.69, 9.17) is 9.84 Å². The molecule has 21 heavy (non-hydrogen) atoms. The Labute approximate surface area is 131 Å². The maximum Gasteiger partial charge on any atom is 0.334 e. The van der Waals surface area contributed by atoms with Crippen molar-refractivity contribution in [3.63, 3.8) is 0 Å². The van der Waals surface area contributed by atoms with Gasteiger partial charge in [0.15, 0.2) is 6.10 Å². The summed E-state index contributed by atoms with van der Waals surface area (Å²) >= 11 is 3.44. The van der Waals surface area contributed by atoms with Crippen molar-refractivity contribution >= 4 is 27.8 Å². The minimum atomic E-state index is -1.01. The van der Waals surface area contributed by atoms with Crippen LogP contribution in [0.3, 0.4) is 0 Å². The molecule has 0 aromatic heterocycles. The van der Waals surface area contributed by atoms with Gasteiger partial charge >= 0.3 is 5.97 Å². The number of hydrogen-bond acceptors (Lipinski definition) is 3. The van der Waals surface area contributed by atoms with E-state index in [0.717, 1.165) is 16.5 Å². The van der Waals surface area contributed by atoms with E-state index < -0.39 is 12.1 Å². The van der Waals surface area contributed by atoms with Crippen LogP contribution in [0.25, 0.3) is 0 Å². The predicted octanol–water partition coefficient (Wildman–Crippen LogP) is 1.86. The van der Waals surface area contributed by atoms with E-state index >= 15 is 0 Å². The van der Waals surface area contributed by atoms with E-state index in [-0.39, 0.29) is 30.9 Å². The van der Waals surface area contributed by atoms with Gasteiger partial charge in [0.1, 0.15) is 0 Å². The zero-order valence-corrected chi connectivity index (χ0v) is 13.0. The third-order valence-electron chi connectivity index (χ3n) is 4.04. The summed E-state index contributed by atoms with van der Waals surface area (Å²) in [5.41, 5.74) is 1.16. The van der Waals surface area contributed by atoms with Crippen molar-refractivity contribution in [1.82, 2.24) is 4.90 Å². The quantitative estimate of drug-likeness (QED) is 0.900. The number of carbonyl (C=O) groups excluding carboxylic acids is 1. The Morgan fingerprint density at radius 3 is 2.90 bits per heavy atom. The number of carboxylic acid groups (broad SMARTS) is 1. The molecule has 0 radical (unpaired) electrons. The molecule has 0 unspecified atom stereocenters. The molecule has 1 amide bonds. The summed E-state index contributed by atoms with van der Waals surface area (Å²) in [4.78, 5) is 25.1. The van der Waals surface area contributed by atoms with Crippen LogP contribution in [-0.2, 0) is 14.3 Å². The van der Waals surface area contributed by atoms with Crippen LogP contribution in [0.15, 0.2) is 28.7 Å². The number of nitrogens with zero attached hydrogens (tertiary/aromatic N) is 1. The van der Waals surface area contributed by atoms with Crippen LogP contribution >= 0.6 is 15.9 Å². The minimum absolute atomic E-state index is 0.0214. The van der Waals surface area contributed by atoms with Crippen molar-refractivity contribution in [1.29, 1.82) is 0 Å².